The first kappa shape index (κ1) is 26.5. The fraction of sp³-hybridized carbons (Fsp3) is 0.240. The lowest BCUT2D eigenvalue weighted by Crippen LogP contribution is -2.26. The van der Waals surface area contributed by atoms with Crippen LogP contribution in [0.4, 0.5) is 18.9 Å². The summed E-state index contributed by atoms with van der Waals surface area (Å²) in [7, 11) is -4.40. The van der Waals surface area contributed by atoms with E-state index < -0.39 is 38.5 Å². The average molecular weight is 535 g/mol. The van der Waals surface area contributed by atoms with Crippen molar-refractivity contribution in [2.75, 3.05) is 24.4 Å². The molecule has 0 saturated carbocycles. The third-order valence-corrected chi connectivity index (χ3v) is 7.00. The summed E-state index contributed by atoms with van der Waals surface area (Å²) in [6.45, 7) is 2.98. The molecule has 3 aromatic carbocycles. The van der Waals surface area contributed by atoms with Crippen molar-refractivity contribution in [1.82, 2.24) is 15.5 Å². The molecule has 0 amide bonds. The lowest BCUT2D eigenvalue weighted by Gasteiger charge is -2.15. The zero-order valence-corrected chi connectivity index (χ0v) is 20.6. The minimum atomic E-state index is -4.40. The van der Waals surface area contributed by atoms with E-state index in [4.69, 9.17) is 4.74 Å². The lowest BCUT2D eigenvalue weighted by atomic mass is 10.1. The Labute approximate surface area is 211 Å². The first-order valence-corrected chi connectivity index (χ1v) is 12.9. The predicted octanol–water partition coefficient (Wildman–Crippen LogP) is 4.05. The van der Waals surface area contributed by atoms with E-state index in [1.807, 2.05) is 25.1 Å². The molecule has 12 heteroatoms. The van der Waals surface area contributed by atoms with Gasteiger partial charge in [0.05, 0.1) is 16.5 Å². The number of halogens is 3. The van der Waals surface area contributed by atoms with Crippen LogP contribution >= 0.6 is 0 Å². The van der Waals surface area contributed by atoms with E-state index in [1.54, 1.807) is 6.07 Å². The molecule has 0 aliphatic carbocycles. The third-order valence-electron chi connectivity index (χ3n) is 5.64. The number of aromatic amines is 1. The summed E-state index contributed by atoms with van der Waals surface area (Å²) in [6.07, 6.45) is -0.121. The van der Waals surface area contributed by atoms with Gasteiger partial charge in [-0.2, -0.15) is 5.10 Å². The van der Waals surface area contributed by atoms with Crippen LogP contribution in [-0.2, 0) is 16.4 Å². The number of nitrogens with one attached hydrogen (secondary N) is 3. The molecular formula is C25H25F3N4O4S. The molecule has 0 spiro atoms. The highest BCUT2D eigenvalue weighted by atomic mass is 32.2. The molecular weight excluding hydrogens is 509 g/mol. The van der Waals surface area contributed by atoms with Crippen LogP contribution < -0.4 is 14.8 Å². The van der Waals surface area contributed by atoms with E-state index in [-0.39, 0.29) is 12.2 Å². The van der Waals surface area contributed by atoms with E-state index in [0.717, 1.165) is 23.0 Å². The fourth-order valence-electron chi connectivity index (χ4n) is 3.71. The van der Waals surface area contributed by atoms with E-state index >= 15 is 0 Å². The van der Waals surface area contributed by atoms with Gasteiger partial charge in [-0.3, -0.25) is 9.82 Å². The zero-order valence-electron chi connectivity index (χ0n) is 19.8. The molecule has 37 heavy (non-hydrogen) atoms. The molecule has 0 radical (unpaired) electrons. The average Bonchev–Trinajstić information content (AvgIpc) is 3.29. The molecule has 1 atom stereocenters. The maximum absolute atomic E-state index is 13.5. The highest BCUT2D eigenvalue weighted by molar-refractivity contribution is 7.92. The number of nitrogens with zero attached hydrogens (tertiary/aromatic N) is 1. The van der Waals surface area contributed by atoms with Gasteiger partial charge < -0.3 is 15.2 Å². The molecule has 0 fully saturated rings. The molecule has 8 nitrogen and oxygen atoms in total. The number of hydrogen-bond donors (Lipinski definition) is 4. The number of benzene rings is 3. The Bertz CT molecular complexity index is 1490. The maximum Gasteiger partial charge on any atom is 0.262 e. The van der Waals surface area contributed by atoms with Gasteiger partial charge in [0.25, 0.3) is 10.0 Å². The number of fused-ring (bicyclic) bond motifs is 1. The van der Waals surface area contributed by atoms with Gasteiger partial charge in [0.1, 0.15) is 12.4 Å². The molecule has 1 unspecified atom stereocenters. The SMILES string of the molecule is CCc1[nH]nc2cc(OCCNCC(O)c3cccc(NS(=O)(=O)c4cc(F)c(F)c(F)c4)c3)ccc12. The number of hydrogen-bond acceptors (Lipinski definition) is 6. The molecule has 1 aromatic heterocycles. The second-order valence-corrected chi connectivity index (χ2v) is 9.92. The van der Waals surface area contributed by atoms with Crippen LogP contribution in [0.1, 0.15) is 24.3 Å². The maximum atomic E-state index is 13.5. The van der Waals surface area contributed by atoms with Crippen LogP contribution in [0.25, 0.3) is 10.9 Å². The van der Waals surface area contributed by atoms with Gasteiger partial charge in [-0.15, -0.1) is 0 Å². The van der Waals surface area contributed by atoms with E-state index in [0.29, 0.717) is 36.6 Å². The largest absolute Gasteiger partial charge is 0.492 e. The number of sulfonamides is 1. The summed E-state index contributed by atoms with van der Waals surface area (Å²) in [5.74, 6) is -4.32. The van der Waals surface area contributed by atoms with Crippen LogP contribution in [-0.4, -0.2) is 43.4 Å². The molecule has 4 aromatic rings. The predicted molar refractivity (Wildman–Crippen MR) is 132 cm³/mol. The molecule has 0 aliphatic rings. The van der Waals surface area contributed by atoms with Crippen molar-refractivity contribution in [1.29, 1.82) is 0 Å². The Kier molecular flexibility index (Phi) is 8.00. The lowest BCUT2D eigenvalue weighted by molar-refractivity contribution is 0.172. The van der Waals surface area contributed by atoms with E-state index in [1.165, 1.54) is 18.2 Å². The number of rotatable bonds is 11. The fourth-order valence-corrected chi connectivity index (χ4v) is 4.79. The number of aryl methyl sites for hydroxylation is 1. The van der Waals surface area contributed by atoms with Crippen LogP contribution in [0.3, 0.4) is 0 Å². The van der Waals surface area contributed by atoms with Crippen LogP contribution in [0.15, 0.2) is 59.5 Å². The summed E-state index contributed by atoms with van der Waals surface area (Å²) >= 11 is 0. The smallest absolute Gasteiger partial charge is 0.262 e. The van der Waals surface area contributed by atoms with E-state index in [9.17, 15) is 26.7 Å². The molecule has 4 rings (SSSR count). The standard InChI is InChI=1S/C25H25F3N4O4S/c1-2-22-19-7-6-17(11-23(19)31-30-22)36-9-8-29-14-24(33)15-4-3-5-16(10-15)32-37(34,35)18-12-20(26)25(28)21(27)13-18/h3-7,10-13,24,29,32-33H,2,8-9,14H2,1H3,(H,30,31). The second-order valence-electron chi connectivity index (χ2n) is 8.23. The Morgan fingerprint density at radius 1 is 1.08 bits per heavy atom. The summed E-state index contributed by atoms with van der Waals surface area (Å²) in [4.78, 5) is -0.770. The van der Waals surface area contributed by atoms with Crippen molar-refractivity contribution in [2.45, 2.75) is 24.3 Å². The topological polar surface area (TPSA) is 116 Å². The van der Waals surface area contributed by atoms with Gasteiger partial charge in [0, 0.05) is 35.9 Å². The van der Waals surface area contributed by atoms with Gasteiger partial charge in [0.15, 0.2) is 17.5 Å². The minimum Gasteiger partial charge on any atom is -0.492 e. The van der Waals surface area contributed by atoms with Crippen LogP contribution in [0, 0.1) is 17.5 Å². The molecule has 4 N–H and O–H groups in total. The van der Waals surface area contributed by atoms with Gasteiger partial charge in [-0.05, 0) is 48.4 Å². The zero-order chi connectivity index (χ0) is 26.6. The molecule has 0 aliphatic heterocycles. The van der Waals surface area contributed by atoms with Crippen LogP contribution in [0.2, 0.25) is 0 Å². The molecule has 0 saturated heterocycles. The summed E-state index contributed by atoms with van der Waals surface area (Å²) < 4.78 is 73.0. The monoisotopic (exact) mass is 534 g/mol. The molecule has 196 valence electrons. The second kappa shape index (κ2) is 11.2. The number of anilines is 1. The highest BCUT2D eigenvalue weighted by Gasteiger charge is 2.21. The van der Waals surface area contributed by atoms with Crippen molar-refractivity contribution >= 4 is 26.6 Å². The number of aliphatic hydroxyl groups is 1. The number of H-pyrrole nitrogens is 1. The Hall–Kier alpha value is -3.61. The Morgan fingerprint density at radius 3 is 2.57 bits per heavy atom. The normalized spacial score (nSPS) is 12.6. The summed E-state index contributed by atoms with van der Waals surface area (Å²) in [6, 6.07) is 12.4. The van der Waals surface area contributed by atoms with Crippen molar-refractivity contribution in [3.8, 4) is 5.75 Å². The summed E-state index contributed by atoms with van der Waals surface area (Å²) in [5.41, 5.74) is 2.35. The minimum absolute atomic E-state index is 0.0602. The molecule has 1 heterocycles. The van der Waals surface area contributed by atoms with Crippen molar-refractivity contribution < 1.29 is 31.4 Å². The summed E-state index contributed by atoms with van der Waals surface area (Å²) in [5, 5.41) is 21.9. The third kappa shape index (κ3) is 6.21. The number of aliphatic hydroxyl groups excluding tert-OH is 1. The van der Waals surface area contributed by atoms with Gasteiger partial charge in [0.2, 0.25) is 0 Å². The van der Waals surface area contributed by atoms with Crippen molar-refractivity contribution in [3.63, 3.8) is 0 Å². The van der Waals surface area contributed by atoms with Crippen LogP contribution in [0.5, 0.6) is 5.75 Å². The quantitative estimate of drug-likeness (QED) is 0.171. The van der Waals surface area contributed by atoms with Gasteiger partial charge in [-0.1, -0.05) is 19.1 Å². The van der Waals surface area contributed by atoms with Gasteiger partial charge >= 0.3 is 0 Å². The highest BCUT2D eigenvalue weighted by Crippen LogP contribution is 2.24. The van der Waals surface area contributed by atoms with Crippen molar-refractivity contribution in [3.05, 3.63) is 83.3 Å². The number of ether oxygens (including phenoxy) is 1. The van der Waals surface area contributed by atoms with Crippen molar-refractivity contribution in [2.24, 2.45) is 0 Å². The Morgan fingerprint density at radius 2 is 1.84 bits per heavy atom. The number of aromatic nitrogens is 2. The first-order valence-electron chi connectivity index (χ1n) is 11.4. The van der Waals surface area contributed by atoms with Gasteiger partial charge in [-0.25, -0.2) is 21.6 Å². The molecule has 0 bridgehead atoms. The first-order chi connectivity index (χ1) is 17.7. The van der Waals surface area contributed by atoms with E-state index in [2.05, 4.69) is 20.2 Å². The Balaban J connectivity index is 1.29.